The van der Waals surface area contributed by atoms with Gasteiger partial charge in [0, 0.05) is 0 Å². The molecule has 2 saturated heterocycles. The molecule has 0 aliphatic carbocycles. The van der Waals surface area contributed by atoms with Crippen molar-refractivity contribution >= 4 is 40.5 Å². The molecule has 0 aromatic rings. The first-order valence-electron chi connectivity index (χ1n) is 10.6. The second-order valence-electron chi connectivity index (χ2n) is 8.75. The highest BCUT2D eigenvalue weighted by Crippen LogP contribution is 2.38. The van der Waals surface area contributed by atoms with Gasteiger partial charge in [-0.05, 0) is 0 Å². The SMILES string of the molecule is CS(=O)(=O)OCC1OC(OC2(COS(C)(=O)=O)OC(COS(C)(=O)=O)C(O)C2O)C(OS(C)(=O)=O)C(O)C1O. The molecule has 9 atom stereocenters. The zero-order valence-corrected chi connectivity index (χ0v) is 24.1. The molecule has 2 fully saturated rings. The lowest BCUT2D eigenvalue weighted by molar-refractivity contribution is -0.378. The maximum absolute atomic E-state index is 11.8. The van der Waals surface area contributed by atoms with Gasteiger partial charge in [-0.2, -0.15) is 33.7 Å². The first kappa shape index (κ1) is 34.6. The van der Waals surface area contributed by atoms with Gasteiger partial charge in [0.15, 0.2) is 12.4 Å². The molecule has 0 saturated carbocycles. The first-order valence-corrected chi connectivity index (χ1v) is 17.8. The topological polar surface area (TPSA) is 282 Å². The predicted molar refractivity (Wildman–Crippen MR) is 123 cm³/mol. The molecule has 0 bridgehead atoms. The van der Waals surface area contributed by atoms with E-state index in [1.807, 2.05) is 0 Å². The van der Waals surface area contributed by atoms with E-state index in [-0.39, 0.29) is 0 Å². The van der Waals surface area contributed by atoms with Gasteiger partial charge in [0.1, 0.15) is 43.2 Å². The van der Waals surface area contributed by atoms with E-state index in [1.54, 1.807) is 0 Å². The summed E-state index contributed by atoms with van der Waals surface area (Å²) in [6.07, 6.45) is -13.9. The van der Waals surface area contributed by atoms with E-state index < -0.39 is 115 Å². The Bertz CT molecular complexity index is 1280. The minimum absolute atomic E-state index is 0.549. The first-order chi connectivity index (χ1) is 17.4. The van der Waals surface area contributed by atoms with E-state index in [4.69, 9.17) is 18.4 Å². The molecule has 0 radical (unpaired) electrons. The quantitative estimate of drug-likeness (QED) is 0.135. The van der Waals surface area contributed by atoms with Gasteiger partial charge in [0.25, 0.3) is 40.5 Å². The number of aliphatic hydroxyl groups is 4. The Morgan fingerprint density at radius 3 is 1.62 bits per heavy atom. The van der Waals surface area contributed by atoms with Crippen LogP contribution in [0.2, 0.25) is 0 Å². The van der Waals surface area contributed by atoms with Crippen LogP contribution in [0.1, 0.15) is 0 Å². The van der Waals surface area contributed by atoms with Gasteiger partial charge in [-0.1, -0.05) is 0 Å². The summed E-state index contributed by atoms with van der Waals surface area (Å²) in [5, 5.41) is 42.1. The van der Waals surface area contributed by atoms with Crippen LogP contribution in [0.3, 0.4) is 0 Å². The van der Waals surface area contributed by atoms with Gasteiger partial charge < -0.3 is 34.6 Å². The molecular weight excluding hydrogens is 624 g/mol. The minimum Gasteiger partial charge on any atom is -0.387 e. The Kier molecular flexibility index (Phi) is 10.9. The van der Waals surface area contributed by atoms with Gasteiger partial charge in [0.2, 0.25) is 5.79 Å². The summed E-state index contributed by atoms with van der Waals surface area (Å²) in [5.74, 6) is -2.79. The fourth-order valence-corrected chi connectivity index (χ4v) is 5.20. The number of hydrogen-bond donors (Lipinski definition) is 4. The van der Waals surface area contributed by atoms with Crippen LogP contribution in [0.4, 0.5) is 0 Å². The summed E-state index contributed by atoms with van der Waals surface area (Å²) in [5.41, 5.74) is 0. The molecule has 23 heteroatoms. The lowest BCUT2D eigenvalue weighted by atomic mass is 9.99. The zero-order valence-electron chi connectivity index (χ0n) is 20.8. The van der Waals surface area contributed by atoms with E-state index in [0.717, 1.165) is 0 Å². The van der Waals surface area contributed by atoms with Crippen molar-refractivity contribution in [2.75, 3.05) is 44.8 Å². The van der Waals surface area contributed by atoms with Crippen LogP contribution in [-0.4, -0.2) is 154 Å². The highest BCUT2D eigenvalue weighted by atomic mass is 32.2. The Morgan fingerprint density at radius 2 is 1.15 bits per heavy atom. The number of hydrogen-bond acceptors (Lipinski definition) is 19. The molecule has 0 spiro atoms. The average molecular weight is 655 g/mol. The van der Waals surface area contributed by atoms with Gasteiger partial charge in [0.05, 0.1) is 38.2 Å². The van der Waals surface area contributed by atoms with Crippen LogP contribution in [-0.2, 0) is 71.4 Å². The molecule has 9 unspecified atom stereocenters. The van der Waals surface area contributed by atoms with Crippen LogP contribution < -0.4 is 0 Å². The summed E-state index contributed by atoms with van der Waals surface area (Å²) < 4.78 is 127. The second-order valence-corrected chi connectivity index (χ2v) is 15.3. The molecule has 2 aliphatic heterocycles. The molecule has 0 aromatic carbocycles. The van der Waals surface area contributed by atoms with Crippen molar-refractivity contribution in [2.45, 2.75) is 54.8 Å². The maximum atomic E-state index is 11.8. The summed E-state index contributed by atoms with van der Waals surface area (Å²) in [7, 11) is -17.0. The molecular formula is C16H30O19S4. The second kappa shape index (κ2) is 12.3. The third kappa shape index (κ3) is 10.3. The molecule has 4 N–H and O–H groups in total. The Balaban J connectivity index is 2.49. The molecule has 39 heavy (non-hydrogen) atoms. The number of ether oxygens (including phenoxy) is 3. The van der Waals surface area contributed by atoms with Crippen molar-refractivity contribution in [2.24, 2.45) is 0 Å². The molecule has 2 aliphatic rings. The molecule has 232 valence electrons. The van der Waals surface area contributed by atoms with Crippen LogP contribution in [0.5, 0.6) is 0 Å². The summed E-state index contributed by atoms with van der Waals surface area (Å²) >= 11 is 0. The number of aliphatic hydroxyl groups excluding tert-OH is 4. The normalized spacial score (nSPS) is 36.7. The van der Waals surface area contributed by atoms with Gasteiger partial charge >= 0.3 is 0 Å². The third-order valence-corrected chi connectivity index (χ3v) is 7.37. The van der Waals surface area contributed by atoms with Crippen molar-refractivity contribution in [1.29, 1.82) is 0 Å². The third-order valence-electron chi connectivity index (χ3n) is 5.12. The standard InChI is InChI=1S/C16H30O19S4/c1-36(21,22)29-5-8-10(17)12(19)13(35-39(4,27)28)15(32-8)34-16(7-31-38(3,25)26)14(20)11(18)9(33-16)6-30-37(2,23)24/h8-15,17-20H,5-7H2,1-4H3. The van der Waals surface area contributed by atoms with E-state index >= 15 is 0 Å². The predicted octanol–water partition coefficient (Wildman–Crippen LogP) is -5.46. The Hall–Kier alpha value is -0.640. The van der Waals surface area contributed by atoms with Crippen LogP contribution in [0, 0.1) is 0 Å². The Labute approximate surface area is 225 Å². The van der Waals surface area contributed by atoms with Crippen LogP contribution >= 0.6 is 0 Å². The summed E-state index contributed by atoms with van der Waals surface area (Å²) in [6, 6.07) is 0. The van der Waals surface area contributed by atoms with Gasteiger partial charge in [-0.25, -0.2) is 0 Å². The minimum atomic E-state index is -4.44. The highest BCUT2D eigenvalue weighted by Gasteiger charge is 2.60. The molecule has 19 nitrogen and oxygen atoms in total. The fourth-order valence-electron chi connectivity index (χ4n) is 3.45. The fraction of sp³-hybridized carbons (Fsp3) is 1.00. The van der Waals surface area contributed by atoms with Crippen LogP contribution in [0.15, 0.2) is 0 Å². The van der Waals surface area contributed by atoms with Crippen molar-refractivity contribution in [1.82, 2.24) is 0 Å². The maximum Gasteiger partial charge on any atom is 0.264 e. The summed E-state index contributed by atoms with van der Waals surface area (Å²) in [4.78, 5) is 0. The molecule has 2 heterocycles. The molecule has 0 aromatic heterocycles. The zero-order chi connectivity index (χ0) is 30.2. The van der Waals surface area contributed by atoms with Gasteiger partial charge in [-0.3, -0.25) is 16.7 Å². The van der Waals surface area contributed by atoms with E-state index in [0.29, 0.717) is 25.0 Å². The van der Waals surface area contributed by atoms with E-state index in [2.05, 4.69) is 12.5 Å². The number of rotatable bonds is 13. The van der Waals surface area contributed by atoms with E-state index in [1.165, 1.54) is 0 Å². The smallest absolute Gasteiger partial charge is 0.264 e. The average Bonchev–Trinajstić information content (AvgIpc) is 2.98. The monoisotopic (exact) mass is 654 g/mol. The van der Waals surface area contributed by atoms with E-state index in [9.17, 15) is 54.1 Å². The van der Waals surface area contributed by atoms with Crippen molar-refractivity contribution in [3.05, 3.63) is 0 Å². The molecule has 0 amide bonds. The lowest BCUT2D eigenvalue weighted by Crippen LogP contribution is -2.64. The molecule has 2 rings (SSSR count). The van der Waals surface area contributed by atoms with Gasteiger partial charge in [-0.15, -0.1) is 0 Å². The summed E-state index contributed by atoms with van der Waals surface area (Å²) in [6.45, 7) is -3.11. The highest BCUT2D eigenvalue weighted by molar-refractivity contribution is 7.86. The van der Waals surface area contributed by atoms with Crippen LogP contribution in [0.25, 0.3) is 0 Å². The lowest BCUT2D eigenvalue weighted by Gasteiger charge is -2.44. The Morgan fingerprint density at radius 1 is 0.667 bits per heavy atom. The largest absolute Gasteiger partial charge is 0.387 e. The van der Waals surface area contributed by atoms with Crippen molar-refractivity contribution < 1.29 is 85.0 Å². The van der Waals surface area contributed by atoms with Crippen molar-refractivity contribution in [3.8, 4) is 0 Å². The van der Waals surface area contributed by atoms with Crippen molar-refractivity contribution in [3.63, 3.8) is 0 Å².